The number of carbonyl (C=O) groups is 1. The Labute approximate surface area is 157 Å². The number of thiophene rings is 1. The maximum absolute atomic E-state index is 12.6. The van der Waals surface area contributed by atoms with E-state index in [1.165, 1.54) is 4.31 Å². The summed E-state index contributed by atoms with van der Waals surface area (Å²) in [5.41, 5.74) is 1.62. The zero-order valence-electron chi connectivity index (χ0n) is 14.8. The topological polar surface area (TPSA) is 75.7 Å². The van der Waals surface area contributed by atoms with Gasteiger partial charge in [0.1, 0.15) is 9.96 Å². The summed E-state index contributed by atoms with van der Waals surface area (Å²) in [6.07, 6.45) is 1.92. The van der Waals surface area contributed by atoms with Gasteiger partial charge in [-0.15, -0.1) is 11.3 Å². The van der Waals surface area contributed by atoms with Gasteiger partial charge in [-0.1, -0.05) is 6.07 Å². The average molecular weight is 395 g/mol. The molecule has 1 saturated heterocycles. The Hall–Kier alpha value is -1.90. The van der Waals surface area contributed by atoms with Gasteiger partial charge in [0.25, 0.3) is 10.0 Å². The van der Waals surface area contributed by atoms with E-state index < -0.39 is 10.0 Å². The fourth-order valence-electron chi connectivity index (χ4n) is 2.92. The molecule has 8 heteroatoms. The molecule has 0 spiro atoms. The summed E-state index contributed by atoms with van der Waals surface area (Å²) in [7, 11) is -1.88. The standard InChI is InChI=1S/C18H22N2O4S2/c1-13-5-7-16(24-2)15(11-13)19-17(21)12-14-6-8-18(25-14)26(22,23)20-9-3-4-10-20/h5-8,11H,3-4,9-10,12H2,1-2H3,(H,19,21). The van der Waals surface area contributed by atoms with Crippen LogP contribution < -0.4 is 10.1 Å². The second-order valence-corrected chi connectivity index (χ2v) is 9.59. The van der Waals surface area contributed by atoms with E-state index in [0.717, 1.165) is 29.7 Å². The molecule has 0 bridgehead atoms. The lowest BCUT2D eigenvalue weighted by atomic mass is 10.2. The predicted molar refractivity (Wildman–Crippen MR) is 102 cm³/mol. The van der Waals surface area contributed by atoms with Crippen LogP contribution in [0.5, 0.6) is 5.75 Å². The molecular weight excluding hydrogens is 372 g/mol. The number of amides is 1. The van der Waals surface area contributed by atoms with Gasteiger partial charge >= 0.3 is 0 Å². The van der Waals surface area contributed by atoms with E-state index in [1.54, 1.807) is 25.3 Å². The highest BCUT2D eigenvalue weighted by molar-refractivity contribution is 7.91. The van der Waals surface area contributed by atoms with Crippen LogP contribution in [-0.4, -0.2) is 38.8 Å². The summed E-state index contributed by atoms with van der Waals surface area (Å²) in [5, 5.41) is 2.84. The van der Waals surface area contributed by atoms with Gasteiger partial charge in [-0.3, -0.25) is 4.79 Å². The molecule has 0 aliphatic carbocycles. The van der Waals surface area contributed by atoms with Gasteiger partial charge in [-0.05, 0) is 49.6 Å². The minimum absolute atomic E-state index is 0.122. The van der Waals surface area contributed by atoms with Crippen molar-refractivity contribution in [2.45, 2.75) is 30.4 Å². The van der Waals surface area contributed by atoms with Crippen molar-refractivity contribution in [1.29, 1.82) is 0 Å². The van der Waals surface area contributed by atoms with Crippen molar-refractivity contribution in [1.82, 2.24) is 4.31 Å². The number of carbonyl (C=O) groups excluding carboxylic acids is 1. The summed E-state index contributed by atoms with van der Waals surface area (Å²) in [6, 6.07) is 8.85. The maximum Gasteiger partial charge on any atom is 0.252 e. The van der Waals surface area contributed by atoms with Gasteiger partial charge in [0.2, 0.25) is 5.91 Å². The van der Waals surface area contributed by atoms with E-state index in [0.29, 0.717) is 33.6 Å². The molecule has 2 heterocycles. The van der Waals surface area contributed by atoms with Crippen molar-refractivity contribution in [3.8, 4) is 5.75 Å². The minimum Gasteiger partial charge on any atom is -0.495 e. The zero-order chi connectivity index (χ0) is 18.7. The Morgan fingerprint density at radius 3 is 2.65 bits per heavy atom. The Kier molecular flexibility index (Phi) is 5.64. The summed E-state index contributed by atoms with van der Waals surface area (Å²) < 4.78 is 32.2. The van der Waals surface area contributed by atoms with Crippen LogP contribution >= 0.6 is 11.3 Å². The van der Waals surface area contributed by atoms with Gasteiger partial charge in [-0.2, -0.15) is 4.31 Å². The molecule has 2 aromatic rings. The van der Waals surface area contributed by atoms with Crippen LogP contribution in [0.1, 0.15) is 23.3 Å². The lowest BCUT2D eigenvalue weighted by Crippen LogP contribution is -2.27. The van der Waals surface area contributed by atoms with Crippen molar-refractivity contribution in [2.75, 3.05) is 25.5 Å². The van der Waals surface area contributed by atoms with Crippen LogP contribution in [-0.2, 0) is 21.2 Å². The molecule has 1 aliphatic rings. The highest BCUT2D eigenvalue weighted by Crippen LogP contribution is 2.29. The van der Waals surface area contributed by atoms with Crippen molar-refractivity contribution in [3.05, 3.63) is 40.8 Å². The summed E-state index contributed by atoms with van der Waals surface area (Å²) in [4.78, 5) is 13.1. The molecule has 1 fully saturated rings. The Balaban J connectivity index is 1.69. The van der Waals surface area contributed by atoms with Gasteiger partial charge in [-0.25, -0.2) is 8.42 Å². The SMILES string of the molecule is COc1ccc(C)cc1NC(=O)Cc1ccc(S(=O)(=O)N2CCCC2)s1. The predicted octanol–water partition coefficient (Wildman–Crippen LogP) is 3.03. The number of sulfonamides is 1. The number of aryl methyl sites for hydroxylation is 1. The molecule has 1 amide bonds. The third kappa shape index (κ3) is 4.08. The highest BCUT2D eigenvalue weighted by Gasteiger charge is 2.28. The molecule has 6 nitrogen and oxygen atoms in total. The van der Waals surface area contributed by atoms with Crippen LogP contribution in [0.4, 0.5) is 5.69 Å². The molecule has 0 saturated carbocycles. The van der Waals surface area contributed by atoms with Crippen LogP contribution in [0.3, 0.4) is 0 Å². The quantitative estimate of drug-likeness (QED) is 0.817. The molecule has 0 unspecified atom stereocenters. The van der Waals surface area contributed by atoms with Gasteiger partial charge in [0.05, 0.1) is 19.2 Å². The fourth-order valence-corrected chi connectivity index (χ4v) is 5.95. The van der Waals surface area contributed by atoms with Crippen LogP contribution in [0.2, 0.25) is 0 Å². The average Bonchev–Trinajstić information content (AvgIpc) is 3.27. The third-order valence-electron chi connectivity index (χ3n) is 4.26. The molecule has 1 aromatic heterocycles. The molecule has 0 atom stereocenters. The van der Waals surface area contributed by atoms with E-state index in [2.05, 4.69) is 5.32 Å². The summed E-state index contributed by atoms with van der Waals surface area (Å²) >= 11 is 1.16. The Bertz CT molecular complexity index is 900. The lowest BCUT2D eigenvalue weighted by molar-refractivity contribution is -0.115. The fraction of sp³-hybridized carbons (Fsp3) is 0.389. The van der Waals surface area contributed by atoms with Crippen LogP contribution in [0.25, 0.3) is 0 Å². The molecular formula is C18H22N2O4S2. The van der Waals surface area contributed by atoms with E-state index >= 15 is 0 Å². The molecule has 1 aliphatic heterocycles. The number of nitrogens with one attached hydrogen (secondary N) is 1. The smallest absolute Gasteiger partial charge is 0.252 e. The monoisotopic (exact) mass is 394 g/mol. The number of hydrogen-bond acceptors (Lipinski definition) is 5. The first-order valence-corrected chi connectivity index (χ1v) is 10.7. The van der Waals surface area contributed by atoms with Gasteiger partial charge < -0.3 is 10.1 Å². The van der Waals surface area contributed by atoms with E-state index in [1.807, 2.05) is 19.1 Å². The first-order valence-electron chi connectivity index (χ1n) is 8.43. The minimum atomic E-state index is -3.43. The second-order valence-electron chi connectivity index (χ2n) is 6.26. The molecule has 1 N–H and O–H groups in total. The van der Waals surface area contributed by atoms with Gasteiger partial charge in [0.15, 0.2) is 0 Å². The summed E-state index contributed by atoms with van der Waals surface area (Å²) in [5.74, 6) is 0.383. The maximum atomic E-state index is 12.6. The Morgan fingerprint density at radius 1 is 1.23 bits per heavy atom. The number of nitrogens with zero attached hydrogens (tertiary/aromatic N) is 1. The van der Waals surface area contributed by atoms with Gasteiger partial charge in [0, 0.05) is 18.0 Å². The second kappa shape index (κ2) is 7.77. The van der Waals surface area contributed by atoms with Crippen molar-refractivity contribution >= 4 is 33.0 Å². The highest BCUT2D eigenvalue weighted by atomic mass is 32.2. The van der Waals surface area contributed by atoms with Crippen molar-refractivity contribution in [3.63, 3.8) is 0 Å². The lowest BCUT2D eigenvalue weighted by Gasteiger charge is -2.13. The number of anilines is 1. The van der Waals surface area contributed by atoms with Crippen molar-refractivity contribution < 1.29 is 17.9 Å². The molecule has 1 aromatic carbocycles. The number of ether oxygens (including phenoxy) is 1. The zero-order valence-corrected chi connectivity index (χ0v) is 16.5. The van der Waals surface area contributed by atoms with Crippen LogP contribution in [0.15, 0.2) is 34.5 Å². The van der Waals surface area contributed by atoms with Crippen LogP contribution in [0, 0.1) is 6.92 Å². The van der Waals surface area contributed by atoms with E-state index in [4.69, 9.17) is 4.74 Å². The number of benzene rings is 1. The first kappa shape index (κ1) is 18.9. The number of hydrogen-bond donors (Lipinski definition) is 1. The van der Waals surface area contributed by atoms with Crippen molar-refractivity contribution in [2.24, 2.45) is 0 Å². The largest absolute Gasteiger partial charge is 0.495 e. The van der Waals surface area contributed by atoms with E-state index in [9.17, 15) is 13.2 Å². The van der Waals surface area contributed by atoms with E-state index in [-0.39, 0.29) is 12.3 Å². The number of methoxy groups -OCH3 is 1. The first-order chi connectivity index (χ1) is 12.4. The molecule has 0 radical (unpaired) electrons. The summed E-state index contributed by atoms with van der Waals surface area (Å²) in [6.45, 7) is 3.08. The third-order valence-corrected chi connectivity index (χ3v) is 7.71. The Morgan fingerprint density at radius 2 is 1.96 bits per heavy atom. The molecule has 26 heavy (non-hydrogen) atoms. The number of rotatable bonds is 6. The molecule has 140 valence electrons. The molecule has 3 rings (SSSR count). The normalized spacial score (nSPS) is 15.2.